The lowest BCUT2D eigenvalue weighted by molar-refractivity contribution is -0.538. The van der Waals surface area contributed by atoms with Crippen LogP contribution in [-0.4, -0.2) is 26.8 Å². The molecule has 0 aliphatic heterocycles. The first kappa shape index (κ1) is 16.1. The number of nitro groups is 1. The molecule has 1 aromatic rings. The molecule has 0 fully saturated rings. The van der Waals surface area contributed by atoms with Gasteiger partial charge in [-0.05, 0) is 17.7 Å². The molecule has 0 radical (unpaired) electrons. The van der Waals surface area contributed by atoms with Crippen LogP contribution in [0.2, 0.25) is 0 Å². The van der Waals surface area contributed by atoms with E-state index < -0.39 is 12.9 Å². The van der Waals surface area contributed by atoms with E-state index in [-0.39, 0.29) is 0 Å². The maximum absolute atomic E-state index is 9.93. The van der Waals surface area contributed by atoms with Crippen LogP contribution in [0, 0.1) is 10.1 Å². The van der Waals surface area contributed by atoms with Gasteiger partial charge in [0.2, 0.25) is 0 Å². The summed E-state index contributed by atoms with van der Waals surface area (Å²) in [6.07, 6.45) is 0. The summed E-state index contributed by atoms with van der Waals surface area (Å²) in [7, 11) is -3.11. The van der Waals surface area contributed by atoms with Gasteiger partial charge in [-0.25, -0.2) is 20.1 Å². The van der Waals surface area contributed by atoms with Crippen molar-refractivity contribution in [3.05, 3.63) is 34.4 Å². The van der Waals surface area contributed by atoms with E-state index >= 15 is 0 Å². The van der Waals surface area contributed by atoms with Crippen LogP contribution in [0.15, 0.2) is 24.3 Å². The molecule has 0 bridgehead atoms. The molecule has 18 heavy (non-hydrogen) atoms. The van der Waals surface area contributed by atoms with Gasteiger partial charge >= 0.3 is 7.82 Å². The van der Waals surface area contributed by atoms with Gasteiger partial charge in [-0.2, -0.15) is 0 Å². The van der Waals surface area contributed by atoms with Gasteiger partial charge in [0.1, 0.15) is 5.75 Å². The number of phosphoric acid groups is 1. The molecule has 102 valence electrons. The molecule has 1 aromatic carbocycles. The highest BCUT2D eigenvalue weighted by molar-refractivity contribution is 7.45. The first-order valence-corrected chi connectivity index (χ1v) is 5.87. The number of benzene rings is 1. The molecular weight excluding hydrogens is 269 g/mol. The number of hydrogen-bond acceptors (Lipinski definition) is 5. The Balaban J connectivity index is 0.000000494. The van der Waals surface area contributed by atoms with Crippen LogP contribution in [0.5, 0.6) is 5.75 Å². The fourth-order valence-electron chi connectivity index (χ4n) is 0.811. The quantitative estimate of drug-likeness (QED) is 0.288. The number of nitrogens with zero attached hydrogens (tertiary/aromatic N) is 1. The molecule has 0 spiro atoms. The summed E-state index contributed by atoms with van der Waals surface area (Å²) in [4.78, 5) is 31.5. The molecule has 0 aliphatic rings. The molecule has 11 heteroatoms. The van der Waals surface area contributed by atoms with Crippen LogP contribution in [-0.2, 0) is 4.57 Å². The summed E-state index contributed by atoms with van der Waals surface area (Å²) in [5.41, 5.74) is 4.79. The minimum absolute atomic E-state index is 0.566. The summed E-state index contributed by atoms with van der Waals surface area (Å²) < 4.78 is 13.8. The van der Waals surface area contributed by atoms with Gasteiger partial charge in [-0.1, -0.05) is 6.07 Å². The molecule has 0 aromatic heterocycles. The van der Waals surface area contributed by atoms with Crippen LogP contribution in [0.1, 0.15) is 0 Å². The van der Waals surface area contributed by atoms with Gasteiger partial charge < -0.3 is 19.4 Å². The smallest absolute Gasteiger partial charge is 0.466 e. The number of anilines is 1. The Morgan fingerprint density at radius 3 is 2.39 bits per heavy atom. The summed E-state index contributed by atoms with van der Waals surface area (Å²) >= 11 is 0. The van der Waals surface area contributed by atoms with Crippen molar-refractivity contribution in [3.63, 3.8) is 0 Å². The molecule has 0 aliphatic carbocycles. The number of hydrazine groups is 2. The van der Waals surface area contributed by atoms with E-state index in [0.29, 0.717) is 11.4 Å². The van der Waals surface area contributed by atoms with Crippen LogP contribution in [0.3, 0.4) is 0 Å². The predicted molar refractivity (Wildman–Crippen MR) is 61.0 cm³/mol. The molecule has 5 N–H and O–H groups in total. The topological polar surface area (TPSA) is 154 Å². The second-order valence-corrected chi connectivity index (χ2v) is 3.77. The third-order valence-electron chi connectivity index (χ3n) is 1.36. The van der Waals surface area contributed by atoms with Gasteiger partial charge in [-0.3, -0.25) is 0 Å². The molecule has 0 amide bonds. The minimum atomic E-state index is -4.64. The van der Waals surface area contributed by atoms with E-state index in [1.54, 1.807) is 24.3 Å². The Bertz CT molecular complexity index is 427. The fourth-order valence-corrected chi connectivity index (χ4v) is 0.811. The highest BCUT2D eigenvalue weighted by Gasteiger charge is 2.00. The maximum Gasteiger partial charge on any atom is 0.466 e. The molecule has 0 saturated heterocycles. The monoisotopic (exact) mass is 281 g/mol. The Morgan fingerprint density at radius 2 is 1.94 bits per heavy atom. The highest BCUT2D eigenvalue weighted by atomic mass is 31.2. The normalized spacial score (nSPS) is 9.78. The third kappa shape index (κ3) is 10.6. The van der Waals surface area contributed by atoms with Gasteiger partial charge in [0, 0.05) is 6.07 Å². The van der Waals surface area contributed by atoms with E-state index in [0.717, 1.165) is 0 Å². The fraction of sp³-hybridized carbons (Fsp3) is 0.143. The summed E-state index contributed by atoms with van der Waals surface area (Å²) in [6.45, 7) is 0. The first-order valence-electron chi connectivity index (χ1n) is 4.31. The lowest BCUT2D eigenvalue weighted by Crippen LogP contribution is -2.27. The number of methoxy groups -OCH3 is 1. The zero-order valence-corrected chi connectivity index (χ0v) is 10.1. The Kier molecular flexibility index (Phi) is 6.68. The van der Waals surface area contributed by atoms with Crippen LogP contribution < -0.4 is 15.7 Å². The van der Waals surface area contributed by atoms with Crippen molar-refractivity contribution < 1.29 is 29.0 Å². The van der Waals surface area contributed by atoms with Crippen molar-refractivity contribution in [1.29, 1.82) is 0 Å². The van der Waals surface area contributed by atoms with Crippen LogP contribution in [0.25, 0.3) is 0 Å². The molecule has 0 atom stereocenters. The van der Waals surface area contributed by atoms with Crippen molar-refractivity contribution in [3.8, 4) is 5.75 Å². The van der Waals surface area contributed by atoms with Gasteiger partial charge in [0.25, 0.3) is 0 Å². The zero-order chi connectivity index (χ0) is 14.2. The summed E-state index contributed by atoms with van der Waals surface area (Å²) in [5.74, 6) is 0.634. The van der Waals surface area contributed by atoms with E-state index in [4.69, 9.17) is 24.0 Å². The number of hydrogen-bond donors (Lipinski definition) is 5. The minimum Gasteiger partial charge on any atom is -0.497 e. The van der Waals surface area contributed by atoms with E-state index in [1.807, 2.05) is 5.53 Å². The van der Waals surface area contributed by atoms with Crippen LogP contribution >= 0.6 is 7.82 Å². The molecule has 1 rings (SSSR count). The van der Waals surface area contributed by atoms with Crippen molar-refractivity contribution in [2.75, 3.05) is 12.5 Å². The lowest BCUT2D eigenvalue weighted by Gasteiger charge is -2.03. The largest absolute Gasteiger partial charge is 0.497 e. The number of ether oxygens (including phenoxy) is 1. The van der Waals surface area contributed by atoms with E-state index in [2.05, 4.69) is 5.43 Å². The van der Waals surface area contributed by atoms with Gasteiger partial charge in [-0.15, -0.1) is 0 Å². The van der Waals surface area contributed by atoms with Crippen molar-refractivity contribution in [2.45, 2.75) is 0 Å². The highest BCUT2D eigenvalue weighted by Crippen LogP contribution is 2.25. The molecule has 0 heterocycles. The van der Waals surface area contributed by atoms with Crippen molar-refractivity contribution >= 4 is 13.5 Å². The van der Waals surface area contributed by atoms with Gasteiger partial charge in [0.05, 0.1) is 12.8 Å². The molecular formula is C7H12N3O7P. The molecule has 0 saturated carbocycles. The lowest BCUT2D eigenvalue weighted by atomic mass is 10.3. The predicted octanol–water partition coefficient (Wildman–Crippen LogP) is -0.125. The molecule has 0 unspecified atom stereocenters. The van der Waals surface area contributed by atoms with E-state index in [9.17, 15) is 10.1 Å². The third-order valence-corrected chi connectivity index (χ3v) is 1.36. The van der Waals surface area contributed by atoms with Crippen molar-refractivity contribution in [1.82, 2.24) is 5.53 Å². The Morgan fingerprint density at radius 1 is 1.39 bits per heavy atom. The summed E-state index contributed by atoms with van der Waals surface area (Å²) in [6, 6.07) is 6.79. The second-order valence-electron chi connectivity index (χ2n) is 2.74. The zero-order valence-electron chi connectivity index (χ0n) is 9.18. The standard InChI is InChI=1S/C7H9N3O3.H3O4P/c1-13-7-4-2-3-6(5-7)8-9-10(11)12;1-5(2,3)4/h2-5,8-9H,1H3;(H3,1,2,3,4). The summed E-state index contributed by atoms with van der Waals surface area (Å²) in [5, 5.41) is 9.25. The van der Waals surface area contributed by atoms with Crippen LogP contribution in [0.4, 0.5) is 5.69 Å². The Hall–Kier alpha value is -1.87. The number of nitrogens with one attached hydrogen (secondary N) is 2. The first-order chi connectivity index (χ1) is 8.22. The maximum atomic E-state index is 9.93. The second kappa shape index (κ2) is 7.45. The molecule has 10 nitrogen and oxygen atoms in total. The van der Waals surface area contributed by atoms with Gasteiger partial charge in [0.15, 0.2) is 5.03 Å². The average molecular weight is 281 g/mol. The van der Waals surface area contributed by atoms with Crippen molar-refractivity contribution in [2.24, 2.45) is 0 Å². The van der Waals surface area contributed by atoms with E-state index in [1.165, 1.54) is 7.11 Å². The average Bonchev–Trinajstić information content (AvgIpc) is 2.24. The SMILES string of the molecule is COc1cccc(NN[N+](=O)[O-])c1.O=P(O)(O)O. The Labute approximate surface area is 102 Å². The number of rotatable bonds is 4.